The Bertz CT molecular complexity index is 789. The lowest BCUT2D eigenvalue weighted by Gasteiger charge is -2.24. The molecule has 160 valence electrons. The molecule has 1 saturated heterocycles. The van der Waals surface area contributed by atoms with Crippen LogP contribution in [0.2, 0.25) is 0 Å². The Balaban J connectivity index is 2.11. The number of nitro groups is 1. The average molecular weight is 409 g/mol. The number of benzene rings is 1. The van der Waals surface area contributed by atoms with E-state index >= 15 is 0 Å². The smallest absolute Gasteiger partial charge is 0.410 e. The van der Waals surface area contributed by atoms with Crippen molar-refractivity contribution in [2.75, 3.05) is 39.2 Å². The fourth-order valence-corrected chi connectivity index (χ4v) is 3.06. The minimum atomic E-state index is -0.693. The maximum Gasteiger partial charge on any atom is 0.410 e. The van der Waals surface area contributed by atoms with E-state index in [9.17, 15) is 19.7 Å². The van der Waals surface area contributed by atoms with Gasteiger partial charge in [-0.25, -0.2) is 9.59 Å². The summed E-state index contributed by atoms with van der Waals surface area (Å²) in [6.45, 7) is 6.87. The van der Waals surface area contributed by atoms with Crippen molar-refractivity contribution >= 4 is 23.4 Å². The lowest BCUT2D eigenvalue weighted by atomic mass is 10.1. The Morgan fingerprint density at radius 1 is 1.31 bits per heavy atom. The maximum absolute atomic E-state index is 12.2. The Morgan fingerprint density at radius 3 is 2.55 bits per heavy atom. The van der Waals surface area contributed by atoms with Gasteiger partial charge in [0.25, 0.3) is 5.69 Å². The van der Waals surface area contributed by atoms with E-state index in [1.165, 1.54) is 20.3 Å². The summed E-state index contributed by atoms with van der Waals surface area (Å²) in [5, 5.41) is 14.6. The first-order valence-electron chi connectivity index (χ1n) is 9.22. The SMILES string of the molecule is COC(=O)c1cc(OC)c(NCC2CCN(C(=O)OC(C)(C)C)C2)c([N+](=O)[O-])c1. The number of methoxy groups -OCH3 is 2. The summed E-state index contributed by atoms with van der Waals surface area (Å²) in [6.07, 6.45) is 0.369. The monoisotopic (exact) mass is 409 g/mol. The van der Waals surface area contributed by atoms with E-state index in [4.69, 9.17) is 9.47 Å². The second-order valence-electron chi connectivity index (χ2n) is 7.78. The molecule has 0 spiro atoms. The van der Waals surface area contributed by atoms with Crippen LogP contribution in [-0.2, 0) is 9.47 Å². The van der Waals surface area contributed by atoms with Gasteiger partial charge < -0.3 is 24.4 Å². The van der Waals surface area contributed by atoms with Crippen molar-refractivity contribution < 1.29 is 28.7 Å². The molecule has 1 unspecified atom stereocenters. The molecule has 1 atom stereocenters. The minimum Gasteiger partial charge on any atom is -0.494 e. The summed E-state index contributed by atoms with van der Waals surface area (Å²) >= 11 is 0. The topological polar surface area (TPSA) is 120 Å². The van der Waals surface area contributed by atoms with Crippen molar-refractivity contribution in [3.8, 4) is 5.75 Å². The normalized spacial score (nSPS) is 16.3. The van der Waals surface area contributed by atoms with Crippen molar-refractivity contribution in [3.05, 3.63) is 27.8 Å². The van der Waals surface area contributed by atoms with Gasteiger partial charge in [0, 0.05) is 25.7 Å². The quantitative estimate of drug-likeness (QED) is 0.432. The number of hydrogen-bond donors (Lipinski definition) is 1. The predicted octanol–water partition coefficient (Wildman–Crippen LogP) is 3.06. The van der Waals surface area contributed by atoms with Gasteiger partial charge in [0.15, 0.2) is 5.69 Å². The molecule has 1 aliphatic heterocycles. The minimum absolute atomic E-state index is 0.0265. The Labute approximate surface area is 169 Å². The van der Waals surface area contributed by atoms with Crippen LogP contribution in [0, 0.1) is 16.0 Å². The second kappa shape index (κ2) is 8.97. The molecule has 0 aromatic heterocycles. The number of carbonyl (C=O) groups excluding carboxylic acids is 2. The van der Waals surface area contributed by atoms with Crippen molar-refractivity contribution in [2.24, 2.45) is 5.92 Å². The Kier molecular flexibility index (Phi) is 6.89. The molecule has 2 rings (SSSR count). The highest BCUT2D eigenvalue weighted by atomic mass is 16.6. The van der Waals surface area contributed by atoms with E-state index in [0.717, 1.165) is 12.5 Å². The molecule has 0 aliphatic carbocycles. The third-order valence-electron chi connectivity index (χ3n) is 4.42. The third-order valence-corrected chi connectivity index (χ3v) is 4.42. The highest BCUT2D eigenvalue weighted by Crippen LogP contribution is 2.36. The Hall–Kier alpha value is -3.04. The fourth-order valence-electron chi connectivity index (χ4n) is 3.06. The lowest BCUT2D eigenvalue weighted by molar-refractivity contribution is -0.384. The number of nitro benzene ring substituents is 1. The van der Waals surface area contributed by atoms with E-state index in [2.05, 4.69) is 10.1 Å². The average Bonchev–Trinajstić information content (AvgIpc) is 3.12. The number of ether oxygens (including phenoxy) is 3. The predicted molar refractivity (Wildman–Crippen MR) is 105 cm³/mol. The largest absolute Gasteiger partial charge is 0.494 e. The van der Waals surface area contributed by atoms with Crippen LogP contribution < -0.4 is 10.1 Å². The summed E-state index contributed by atoms with van der Waals surface area (Å²) in [4.78, 5) is 36.5. The molecule has 0 saturated carbocycles. The molecule has 1 amide bonds. The van der Waals surface area contributed by atoms with Crippen molar-refractivity contribution in [1.29, 1.82) is 0 Å². The number of hydrogen-bond acceptors (Lipinski definition) is 8. The third kappa shape index (κ3) is 5.72. The molecule has 0 bridgehead atoms. The molecular weight excluding hydrogens is 382 g/mol. The highest BCUT2D eigenvalue weighted by Gasteiger charge is 2.31. The number of anilines is 1. The second-order valence-corrected chi connectivity index (χ2v) is 7.78. The molecule has 1 aliphatic rings. The molecular formula is C19H27N3O7. The zero-order chi connectivity index (χ0) is 21.8. The number of nitrogens with one attached hydrogen (secondary N) is 1. The molecule has 1 heterocycles. The Morgan fingerprint density at radius 2 is 2.00 bits per heavy atom. The first-order valence-corrected chi connectivity index (χ1v) is 9.22. The van der Waals surface area contributed by atoms with E-state index < -0.39 is 16.5 Å². The summed E-state index contributed by atoms with van der Waals surface area (Å²) in [7, 11) is 2.56. The highest BCUT2D eigenvalue weighted by molar-refractivity contribution is 5.93. The van der Waals surface area contributed by atoms with Gasteiger partial charge in [-0.2, -0.15) is 0 Å². The van der Waals surface area contributed by atoms with E-state index in [1.807, 2.05) is 20.8 Å². The molecule has 29 heavy (non-hydrogen) atoms. The number of rotatable bonds is 6. The van der Waals surface area contributed by atoms with Crippen LogP contribution in [-0.4, -0.2) is 61.3 Å². The number of carbonyl (C=O) groups is 2. The molecule has 1 N–H and O–H groups in total. The standard InChI is InChI=1S/C19H27N3O7/c1-19(2,3)29-18(24)21-7-6-12(11-21)10-20-16-14(22(25)26)8-13(17(23)28-5)9-15(16)27-4/h8-9,12,20H,6-7,10-11H2,1-5H3. The van der Waals surface area contributed by atoms with Crippen LogP contribution >= 0.6 is 0 Å². The van der Waals surface area contributed by atoms with E-state index in [-0.39, 0.29) is 34.7 Å². The van der Waals surface area contributed by atoms with Crippen LogP contribution in [0.4, 0.5) is 16.2 Å². The zero-order valence-electron chi connectivity index (χ0n) is 17.3. The van der Waals surface area contributed by atoms with E-state index in [1.54, 1.807) is 4.90 Å². The molecule has 1 aromatic carbocycles. The van der Waals surface area contributed by atoms with Crippen LogP contribution in [0.3, 0.4) is 0 Å². The van der Waals surface area contributed by atoms with Crippen molar-refractivity contribution in [3.63, 3.8) is 0 Å². The van der Waals surface area contributed by atoms with E-state index in [0.29, 0.717) is 19.6 Å². The van der Waals surface area contributed by atoms with Gasteiger partial charge in [0.05, 0.1) is 24.7 Å². The number of likely N-dealkylation sites (tertiary alicyclic amines) is 1. The molecule has 10 nitrogen and oxygen atoms in total. The summed E-state index contributed by atoms with van der Waals surface area (Å²) in [5.41, 5.74) is -0.644. The first kappa shape index (κ1) is 22.3. The van der Waals surface area contributed by atoms with Crippen LogP contribution in [0.5, 0.6) is 5.75 Å². The van der Waals surface area contributed by atoms with Crippen LogP contribution in [0.1, 0.15) is 37.6 Å². The zero-order valence-corrected chi connectivity index (χ0v) is 17.3. The molecule has 1 fully saturated rings. The van der Waals surface area contributed by atoms with Gasteiger partial charge in [0.1, 0.15) is 11.4 Å². The van der Waals surface area contributed by atoms with Gasteiger partial charge in [-0.05, 0) is 39.2 Å². The van der Waals surface area contributed by atoms with Gasteiger partial charge in [-0.1, -0.05) is 0 Å². The summed E-state index contributed by atoms with van der Waals surface area (Å²) in [6, 6.07) is 2.54. The summed E-state index contributed by atoms with van der Waals surface area (Å²) in [5.74, 6) is -0.435. The number of amides is 1. The van der Waals surface area contributed by atoms with Crippen LogP contribution in [0.25, 0.3) is 0 Å². The van der Waals surface area contributed by atoms with Gasteiger partial charge in [-0.15, -0.1) is 0 Å². The van der Waals surface area contributed by atoms with Gasteiger partial charge in [-0.3, -0.25) is 10.1 Å². The lowest BCUT2D eigenvalue weighted by Crippen LogP contribution is -2.35. The van der Waals surface area contributed by atoms with Crippen LogP contribution in [0.15, 0.2) is 12.1 Å². The fraction of sp³-hybridized carbons (Fsp3) is 0.579. The van der Waals surface area contributed by atoms with Gasteiger partial charge >= 0.3 is 12.1 Å². The maximum atomic E-state index is 12.2. The molecule has 1 aromatic rings. The van der Waals surface area contributed by atoms with Crippen molar-refractivity contribution in [1.82, 2.24) is 4.90 Å². The molecule has 10 heteroatoms. The summed E-state index contributed by atoms with van der Waals surface area (Å²) < 4.78 is 15.3. The van der Waals surface area contributed by atoms with Gasteiger partial charge in [0.2, 0.25) is 0 Å². The first-order chi connectivity index (χ1) is 13.6. The number of esters is 1. The molecule has 0 radical (unpaired) electrons. The van der Waals surface area contributed by atoms with Crippen molar-refractivity contribution in [2.45, 2.75) is 32.8 Å². The number of nitrogens with zero attached hydrogens (tertiary/aromatic N) is 2.